The van der Waals surface area contributed by atoms with Crippen molar-refractivity contribution >= 4 is 23.2 Å². The van der Waals surface area contributed by atoms with Crippen LogP contribution >= 0.6 is 11.6 Å². The predicted octanol–water partition coefficient (Wildman–Crippen LogP) is 3.86. The number of halogens is 2. The molecule has 1 aromatic carbocycles. The molecule has 0 radical (unpaired) electrons. The second-order valence-corrected chi connectivity index (χ2v) is 6.91. The van der Waals surface area contributed by atoms with E-state index in [2.05, 4.69) is 10.3 Å². The lowest BCUT2D eigenvalue weighted by atomic mass is 9.64. The number of rotatable bonds is 4. The van der Waals surface area contributed by atoms with Gasteiger partial charge in [0.05, 0.1) is 22.7 Å². The van der Waals surface area contributed by atoms with Crippen LogP contribution in [-0.4, -0.2) is 15.3 Å². The van der Waals surface area contributed by atoms with Gasteiger partial charge in [0.2, 0.25) is 5.91 Å². The van der Waals surface area contributed by atoms with Crippen LogP contribution in [0.4, 0.5) is 4.39 Å². The van der Waals surface area contributed by atoms with Crippen molar-refractivity contribution in [1.29, 1.82) is 0 Å². The average molecular weight is 358 g/mol. The zero-order valence-electron chi connectivity index (χ0n) is 13.5. The summed E-state index contributed by atoms with van der Waals surface area (Å²) in [6.07, 6.45) is 6.20. The Bertz CT molecular complexity index is 931. The van der Waals surface area contributed by atoms with Gasteiger partial charge in [0.15, 0.2) is 0 Å². The summed E-state index contributed by atoms with van der Waals surface area (Å²) in [6, 6.07) is 9.86. The minimum atomic E-state index is -0.545. The highest BCUT2D eigenvalue weighted by molar-refractivity contribution is 6.30. The normalized spacial score (nSPS) is 15.8. The van der Waals surface area contributed by atoms with Gasteiger partial charge in [-0.05, 0) is 42.7 Å². The minimum Gasteiger partial charge on any atom is -0.350 e. The number of pyridine rings is 1. The largest absolute Gasteiger partial charge is 0.350 e. The van der Waals surface area contributed by atoms with Crippen LogP contribution in [0.15, 0.2) is 48.8 Å². The summed E-state index contributed by atoms with van der Waals surface area (Å²) in [4.78, 5) is 17.3. The quantitative estimate of drug-likeness (QED) is 0.770. The van der Waals surface area contributed by atoms with Crippen molar-refractivity contribution in [2.24, 2.45) is 0 Å². The molecule has 3 aromatic rings. The molecular weight excluding hydrogens is 341 g/mol. The molecule has 4 nitrogen and oxygen atoms in total. The van der Waals surface area contributed by atoms with Crippen molar-refractivity contribution < 1.29 is 9.18 Å². The van der Waals surface area contributed by atoms with Gasteiger partial charge < -0.3 is 9.72 Å². The number of amides is 1. The van der Waals surface area contributed by atoms with Crippen molar-refractivity contribution in [3.8, 4) is 0 Å². The summed E-state index contributed by atoms with van der Waals surface area (Å²) in [7, 11) is 0. The Morgan fingerprint density at radius 1 is 1.20 bits per heavy atom. The number of carbonyl (C=O) groups is 1. The molecule has 25 heavy (non-hydrogen) atoms. The van der Waals surface area contributed by atoms with E-state index in [0.29, 0.717) is 11.6 Å². The molecular formula is C19H17ClFN3O. The van der Waals surface area contributed by atoms with E-state index in [9.17, 15) is 9.18 Å². The molecule has 1 fully saturated rings. The van der Waals surface area contributed by atoms with Gasteiger partial charge in [0.25, 0.3) is 0 Å². The van der Waals surface area contributed by atoms with Crippen LogP contribution in [0.1, 0.15) is 30.5 Å². The number of hydrogen-bond acceptors (Lipinski definition) is 2. The third kappa shape index (κ3) is 2.89. The van der Waals surface area contributed by atoms with Gasteiger partial charge in [0, 0.05) is 12.4 Å². The number of nitrogens with zero attached hydrogens (tertiary/aromatic N) is 2. The van der Waals surface area contributed by atoms with Crippen LogP contribution in [0.5, 0.6) is 0 Å². The van der Waals surface area contributed by atoms with Crippen molar-refractivity contribution in [3.05, 3.63) is 70.9 Å². The number of benzene rings is 1. The molecule has 1 aliphatic carbocycles. The lowest BCUT2D eigenvalue weighted by molar-refractivity contribution is -0.130. The molecule has 0 bridgehead atoms. The Morgan fingerprint density at radius 2 is 1.96 bits per heavy atom. The molecule has 6 heteroatoms. The standard InChI is InChI=1S/C19H17ClFN3O/c20-14-4-7-17-23-16(12-24(17)11-14)10-22-18(25)19(8-1-9-19)13-2-5-15(21)6-3-13/h2-7,11-12H,1,8-10H2,(H,22,25). The maximum Gasteiger partial charge on any atom is 0.230 e. The van der Waals surface area contributed by atoms with E-state index in [1.165, 1.54) is 12.1 Å². The molecule has 1 amide bonds. The summed E-state index contributed by atoms with van der Waals surface area (Å²) >= 11 is 5.98. The summed E-state index contributed by atoms with van der Waals surface area (Å²) < 4.78 is 15.0. The fourth-order valence-electron chi connectivity index (χ4n) is 3.39. The topological polar surface area (TPSA) is 46.4 Å². The molecule has 0 atom stereocenters. The zero-order chi connectivity index (χ0) is 17.4. The van der Waals surface area contributed by atoms with E-state index in [1.807, 2.05) is 16.7 Å². The maximum atomic E-state index is 13.2. The van der Waals surface area contributed by atoms with Crippen LogP contribution < -0.4 is 5.32 Å². The van der Waals surface area contributed by atoms with Gasteiger partial charge in [-0.15, -0.1) is 0 Å². The monoisotopic (exact) mass is 357 g/mol. The Kier molecular flexibility index (Phi) is 3.96. The van der Waals surface area contributed by atoms with Crippen LogP contribution in [-0.2, 0) is 16.8 Å². The second-order valence-electron chi connectivity index (χ2n) is 6.47. The van der Waals surface area contributed by atoms with E-state index >= 15 is 0 Å². The fourth-order valence-corrected chi connectivity index (χ4v) is 3.56. The molecule has 1 aliphatic rings. The first-order valence-corrected chi connectivity index (χ1v) is 8.62. The molecule has 2 heterocycles. The first kappa shape index (κ1) is 16.1. The molecule has 1 saturated carbocycles. The smallest absolute Gasteiger partial charge is 0.230 e. The van der Waals surface area contributed by atoms with Crippen molar-refractivity contribution in [3.63, 3.8) is 0 Å². The first-order valence-electron chi connectivity index (χ1n) is 8.24. The molecule has 2 aromatic heterocycles. The highest BCUT2D eigenvalue weighted by Crippen LogP contribution is 2.44. The van der Waals surface area contributed by atoms with Gasteiger partial charge >= 0.3 is 0 Å². The Hall–Kier alpha value is -2.40. The van der Waals surface area contributed by atoms with Crippen molar-refractivity contribution in [2.45, 2.75) is 31.2 Å². The number of aromatic nitrogens is 2. The van der Waals surface area contributed by atoms with E-state index < -0.39 is 5.41 Å². The highest BCUT2D eigenvalue weighted by Gasteiger charge is 2.45. The van der Waals surface area contributed by atoms with E-state index in [0.717, 1.165) is 36.2 Å². The molecule has 0 unspecified atom stereocenters. The van der Waals surface area contributed by atoms with Crippen LogP contribution in [0.25, 0.3) is 5.65 Å². The second kappa shape index (κ2) is 6.15. The molecule has 0 saturated heterocycles. The van der Waals surface area contributed by atoms with Gasteiger partial charge in [0.1, 0.15) is 11.5 Å². The molecule has 128 valence electrons. The maximum absolute atomic E-state index is 13.2. The van der Waals surface area contributed by atoms with Gasteiger partial charge in [-0.3, -0.25) is 4.79 Å². The lowest BCUT2D eigenvalue weighted by Gasteiger charge is -2.40. The van der Waals surface area contributed by atoms with Gasteiger partial charge in [-0.1, -0.05) is 30.2 Å². The number of hydrogen-bond donors (Lipinski definition) is 1. The number of nitrogens with one attached hydrogen (secondary N) is 1. The van der Waals surface area contributed by atoms with Crippen LogP contribution in [0.2, 0.25) is 5.02 Å². The number of fused-ring (bicyclic) bond motifs is 1. The molecule has 0 aliphatic heterocycles. The van der Waals surface area contributed by atoms with E-state index in [-0.39, 0.29) is 11.7 Å². The molecule has 0 spiro atoms. The third-order valence-corrected chi connectivity index (χ3v) is 5.16. The lowest BCUT2D eigenvalue weighted by Crippen LogP contribution is -2.49. The summed E-state index contributed by atoms with van der Waals surface area (Å²) in [5, 5.41) is 3.62. The summed E-state index contributed by atoms with van der Waals surface area (Å²) in [5.41, 5.74) is 1.88. The first-order chi connectivity index (χ1) is 12.1. The van der Waals surface area contributed by atoms with Crippen LogP contribution in [0.3, 0.4) is 0 Å². The van der Waals surface area contributed by atoms with Gasteiger partial charge in [-0.2, -0.15) is 0 Å². The van der Waals surface area contributed by atoms with Crippen molar-refractivity contribution in [1.82, 2.24) is 14.7 Å². The Balaban J connectivity index is 1.51. The third-order valence-electron chi connectivity index (χ3n) is 4.93. The Morgan fingerprint density at radius 3 is 2.64 bits per heavy atom. The summed E-state index contributed by atoms with van der Waals surface area (Å²) in [5.74, 6) is -0.317. The molecule has 4 rings (SSSR count). The average Bonchev–Trinajstić information content (AvgIpc) is 2.95. The highest BCUT2D eigenvalue weighted by atomic mass is 35.5. The summed E-state index contributed by atoms with van der Waals surface area (Å²) in [6.45, 7) is 0.348. The van der Waals surface area contributed by atoms with E-state index in [1.54, 1.807) is 24.4 Å². The minimum absolute atomic E-state index is 0.0274. The molecule has 1 N–H and O–H groups in total. The van der Waals surface area contributed by atoms with Crippen LogP contribution in [0, 0.1) is 5.82 Å². The van der Waals surface area contributed by atoms with Crippen molar-refractivity contribution in [2.75, 3.05) is 0 Å². The predicted molar refractivity (Wildman–Crippen MR) is 94.0 cm³/mol. The van der Waals surface area contributed by atoms with Gasteiger partial charge in [-0.25, -0.2) is 9.37 Å². The number of carbonyl (C=O) groups excluding carboxylic acids is 1. The fraction of sp³-hybridized carbons (Fsp3) is 0.263. The number of imidazole rings is 1. The van der Waals surface area contributed by atoms with E-state index in [4.69, 9.17) is 11.6 Å². The Labute approximate surface area is 149 Å². The zero-order valence-corrected chi connectivity index (χ0v) is 14.3. The SMILES string of the molecule is O=C(NCc1cn2cc(Cl)ccc2n1)C1(c2ccc(F)cc2)CCC1.